The smallest absolute Gasteiger partial charge is 0.0417 e. The van der Waals surface area contributed by atoms with Crippen LogP contribution in [0.1, 0.15) is 168 Å². The third-order valence-electron chi connectivity index (χ3n) is 6.10. The minimum Gasteiger partial charge on any atom is -0.0654 e. The molecule has 0 saturated heterocycles. The van der Waals surface area contributed by atoms with Gasteiger partial charge in [0.1, 0.15) is 0 Å². The van der Waals surface area contributed by atoms with E-state index in [1.54, 1.807) is 0 Å². The zero-order chi connectivity index (χ0) is 19.7. The fourth-order valence-electron chi connectivity index (χ4n) is 4.13. The number of hydrogen-bond acceptors (Lipinski definition) is 0. The molecule has 0 atom stereocenters. The molecule has 0 heteroatoms. The fraction of sp³-hybridized carbons (Fsp3) is 0.963. The van der Waals surface area contributed by atoms with Gasteiger partial charge in [0.05, 0.1) is 0 Å². The summed E-state index contributed by atoms with van der Waals surface area (Å²) in [6, 6.07) is 0. The highest BCUT2D eigenvalue weighted by Gasteiger charge is 1.95. The molecule has 0 aliphatic heterocycles. The summed E-state index contributed by atoms with van der Waals surface area (Å²) >= 11 is 0. The predicted molar refractivity (Wildman–Crippen MR) is 126 cm³/mol. The summed E-state index contributed by atoms with van der Waals surface area (Å²) < 4.78 is 0. The Hall–Kier alpha value is 0. The monoisotopic (exact) mass is 379 g/mol. The van der Waals surface area contributed by atoms with Gasteiger partial charge in [0.25, 0.3) is 0 Å². The molecular weight excluding hydrogens is 324 g/mol. The minimum atomic E-state index is 1.32. The molecule has 0 N–H and O–H groups in total. The molecule has 163 valence electrons. The van der Waals surface area contributed by atoms with Crippen molar-refractivity contribution in [2.45, 2.75) is 168 Å². The lowest BCUT2D eigenvalue weighted by molar-refractivity contribution is 0.518. The Morgan fingerprint density at radius 3 is 0.778 bits per heavy atom. The van der Waals surface area contributed by atoms with Gasteiger partial charge in [0, 0.05) is 0 Å². The first kappa shape index (κ1) is 27.0. The van der Waals surface area contributed by atoms with E-state index in [0.29, 0.717) is 0 Å². The van der Waals surface area contributed by atoms with Crippen LogP contribution in [0, 0.1) is 6.42 Å². The molecular formula is C27H55. The number of hydrogen-bond donors (Lipinski definition) is 0. The van der Waals surface area contributed by atoms with Gasteiger partial charge >= 0.3 is 0 Å². The Morgan fingerprint density at radius 1 is 0.333 bits per heavy atom. The van der Waals surface area contributed by atoms with Crippen molar-refractivity contribution in [3.8, 4) is 0 Å². The SMILES string of the molecule is C[CH]CCCCCCCCCCCCCCCCCCCCCCCCC. The van der Waals surface area contributed by atoms with Crippen LogP contribution in [0.15, 0.2) is 0 Å². The van der Waals surface area contributed by atoms with Crippen molar-refractivity contribution in [2.24, 2.45) is 0 Å². The van der Waals surface area contributed by atoms with Crippen molar-refractivity contribution in [2.75, 3.05) is 0 Å². The second-order valence-electron chi connectivity index (χ2n) is 8.98. The lowest BCUT2D eigenvalue weighted by Gasteiger charge is -2.04. The molecule has 0 fully saturated rings. The van der Waals surface area contributed by atoms with Gasteiger partial charge < -0.3 is 0 Å². The normalized spacial score (nSPS) is 11.3. The molecule has 0 rings (SSSR count). The summed E-state index contributed by atoms with van der Waals surface area (Å²) in [7, 11) is 0. The summed E-state index contributed by atoms with van der Waals surface area (Å²) in [4.78, 5) is 0. The Morgan fingerprint density at radius 2 is 0.556 bits per heavy atom. The van der Waals surface area contributed by atoms with E-state index in [-0.39, 0.29) is 0 Å². The molecule has 0 aromatic carbocycles. The molecule has 1 radical (unpaired) electrons. The largest absolute Gasteiger partial charge is 0.0654 e. The van der Waals surface area contributed by atoms with Crippen LogP contribution in [0.2, 0.25) is 0 Å². The zero-order valence-electron chi connectivity index (χ0n) is 19.5. The second kappa shape index (κ2) is 26.0. The van der Waals surface area contributed by atoms with E-state index < -0.39 is 0 Å². The first-order chi connectivity index (χ1) is 13.4. The van der Waals surface area contributed by atoms with Gasteiger partial charge in [0.15, 0.2) is 0 Å². The Bertz CT molecular complexity index is 208. The highest BCUT2D eigenvalue weighted by atomic mass is 14.0. The van der Waals surface area contributed by atoms with Gasteiger partial charge in [-0.25, -0.2) is 0 Å². The molecule has 0 aliphatic rings. The van der Waals surface area contributed by atoms with Crippen molar-refractivity contribution in [3.63, 3.8) is 0 Å². The van der Waals surface area contributed by atoms with Gasteiger partial charge in [0.2, 0.25) is 0 Å². The van der Waals surface area contributed by atoms with Crippen LogP contribution in [0.3, 0.4) is 0 Å². The molecule has 0 aromatic rings. The average molecular weight is 380 g/mol. The third-order valence-corrected chi connectivity index (χ3v) is 6.10. The standard InChI is InChI=1S/C27H55/c1-3-5-7-9-11-13-15-17-19-21-23-25-27-26-24-22-20-18-16-14-12-10-8-6-4-2/h3H,4-27H2,1-2H3. The molecule has 0 bridgehead atoms. The van der Waals surface area contributed by atoms with Gasteiger partial charge in [-0.3, -0.25) is 0 Å². The van der Waals surface area contributed by atoms with Crippen LogP contribution in [-0.4, -0.2) is 0 Å². The Balaban J connectivity index is 2.95. The molecule has 27 heavy (non-hydrogen) atoms. The maximum Gasteiger partial charge on any atom is -0.0417 e. The van der Waals surface area contributed by atoms with Gasteiger partial charge in [-0.05, 0) is 6.42 Å². The van der Waals surface area contributed by atoms with E-state index in [0.717, 1.165) is 0 Å². The van der Waals surface area contributed by atoms with Gasteiger partial charge in [-0.2, -0.15) is 0 Å². The third kappa shape index (κ3) is 26.0. The van der Waals surface area contributed by atoms with Crippen molar-refractivity contribution >= 4 is 0 Å². The van der Waals surface area contributed by atoms with Crippen LogP contribution in [0.5, 0.6) is 0 Å². The van der Waals surface area contributed by atoms with Crippen molar-refractivity contribution in [1.82, 2.24) is 0 Å². The molecule has 0 spiro atoms. The van der Waals surface area contributed by atoms with Crippen molar-refractivity contribution in [1.29, 1.82) is 0 Å². The molecule has 0 aromatic heterocycles. The van der Waals surface area contributed by atoms with E-state index in [9.17, 15) is 0 Å². The zero-order valence-corrected chi connectivity index (χ0v) is 19.5. The average Bonchev–Trinajstić information content (AvgIpc) is 2.68. The fourth-order valence-corrected chi connectivity index (χ4v) is 4.13. The van der Waals surface area contributed by atoms with E-state index in [2.05, 4.69) is 20.3 Å². The van der Waals surface area contributed by atoms with Crippen LogP contribution in [-0.2, 0) is 0 Å². The lowest BCUT2D eigenvalue weighted by atomic mass is 10.0. The van der Waals surface area contributed by atoms with Gasteiger partial charge in [-0.1, -0.05) is 168 Å². The molecule has 0 saturated carbocycles. The Kier molecular flexibility index (Phi) is 26.0. The topological polar surface area (TPSA) is 0 Å². The van der Waals surface area contributed by atoms with E-state index in [4.69, 9.17) is 0 Å². The summed E-state index contributed by atoms with van der Waals surface area (Å²) in [6.45, 7) is 4.48. The first-order valence-electron chi connectivity index (χ1n) is 13.2. The van der Waals surface area contributed by atoms with Crippen molar-refractivity contribution in [3.05, 3.63) is 6.42 Å². The summed E-state index contributed by atoms with van der Waals surface area (Å²) in [5.41, 5.74) is 0. The van der Waals surface area contributed by atoms with Gasteiger partial charge in [-0.15, -0.1) is 0 Å². The highest BCUT2D eigenvalue weighted by Crippen LogP contribution is 2.15. The summed E-state index contributed by atoms with van der Waals surface area (Å²) in [5, 5.41) is 0. The molecule has 0 amide bonds. The minimum absolute atomic E-state index is 1.32. The maximum absolute atomic E-state index is 2.30. The summed E-state index contributed by atoms with van der Waals surface area (Å²) in [5.74, 6) is 0. The molecule has 0 heterocycles. The number of unbranched alkanes of at least 4 members (excludes halogenated alkanes) is 24. The number of rotatable bonds is 24. The Labute approximate surface area is 174 Å². The quantitative estimate of drug-likeness (QED) is 0.146. The highest BCUT2D eigenvalue weighted by molar-refractivity contribution is 4.56. The lowest BCUT2D eigenvalue weighted by Crippen LogP contribution is -1.84. The maximum atomic E-state index is 2.30. The molecule has 0 nitrogen and oxygen atoms in total. The predicted octanol–water partition coefficient (Wildman–Crippen LogP) is 10.6. The van der Waals surface area contributed by atoms with Crippen LogP contribution >= 0.6 is 0 Å². The van der Waals surface area contributed by atoms with Crippen LogP contribution < -0.4 is 0 Å². The van der Waals surface area contributed by atoms with Crippen molar-refractivity contribution < 1.29 is 0 Å². The van der Waals surface area contributed by atoms with E-state index in [1.165, 1.54) is 154 Å². The molecule has 0 unspecified atom stereocenters. The second-order valence-corrected chi connectivity index (χ2v) is 8.98. The van der Waals surface area contributed by atoms with E-state index >= 15 is 0 Å². The van der Waals surface area contributed by atoms with Crippen LogP contribution in [0.25, 0.3) is 0 Å². The molecule has 0 aliphatic carbocycles. The van der Waals surface area contributed by atoms with Crippen LogP contribution in [0.4, 0.5) is 0 Å². The first-order valence-corrected chi connectivity index (χ1v) is 13.2. The van der Waals surface area contributed by atoms with E-state index in [1.807, 2.05) is 0 Å². The summed E-state index contributed by atoms with van der Waals surface area (Å²) in [6.07, 6.45) is 37.5.